The first kappa shape index (κ1) is 46.8. The van der Waals surface area contributed by atoms with E-state index in [9.17, 15) is 30.6 Å². The molecule has 304 valence electrons. The molecule has 10 heteroatoms. The highest BCUT2D eigenvalue weighted by atomic mass is 16.7. The summed E-state index contributed by atoms with van der Waals surface area (Å²) in [7, 11) is 0. The zero-order chi connectivity index (χ0) is 37.2. The van der Waals surface area contributed by atoms with Crippen LogP contribution in [-0.2, 0) is 14.2 Å². The van der Waals surface area contributed by atoms with Gasteiger partial charge in [-0.1, -0.05) is 168 Å². The Kier molecular flexibility index (Phi) is 26.6. The fraction of sp³-hybridized carbons (Fsp3) is 1.00. The zero-order valence-electron chi connectivity index (χ0n) is 32.7. The molecule has 2 fully saturated rings. The van der Waals surface area contributed by atoms with Gasteiger partial charge in [-0.15, -0.1) is 0 Å². The minimum atomic E-state index is -1.55. The standard InChI is InChI=1S/C41H81NO9/c1-3-5-7-9-11-13-15-17-19-21-23-25-27-34(44)36(45)33(30-50-40-39(48)38(47)37(46)35(29-43)51-40)42-41(31-49-32-41)28-26-24-22-20-18-16-14-12-10-8-6-4-2/h33-40,42-48H,3-32H2,1-2H3/t33-,34+,35?,36-,37?,38?,39?,40?/m0/s1. The molecule has 2 saturated heterocycles. The molecule has 0 aliphatic carbocycles. The summed E-state index contributed by atoms with van der Waals surface area (Å²) in [4.78, 5) is 0. The highest BCUT2D eigenvalue weighted by Gasteiger charge is 2.46. The quantitative estimate of drug-likeness (QED) is 0.0367. The summed E-state index contributed by atoms with van der Waals surface area (Å²) >= 11 is 0. The number of rotatable bonds is 34. The van der Waals surface area contributed by atoms with Gasteiger partial charge in [0.15, 0.2) is 6.29 Å². The molecule has 0 aromatic heterocycles. The van der Waals surface area contributed by atoms with Crippen molar-refractivity contribution >= 4 is 0 Å². The Balaban J connectivity index is 1.82. The second-order valence-corrected chi connectivity index (χ2v) is 15.9. The number of aliphatic hydroxyl groups is 6. The zero-order valence-corrected chi connectivity index (χ0v) is 32.7. The van der Waals surface area contributed by atoms with Crippen LogP contribution >= 0.6 is 0 Å². The molecule has 0 saturated carbocycles. The van der Waals surface area contributed by atoms with Gasteiger partial charge < -0.3 is 44.8 Å². The van der Waals surface area contributed by atoms with Crippen LogP contribution in [0.3, 0.4) is 0 Å². The lowest BCUT2D eigenvalue weighted by Crippen LogP contribution is -2.67. The molecule has 10 nitrogen and oxygen atoms in total. The van der Waals surface area contributed by atoms with E-state index >= 15 is 0 Å². The molecule has 2 aliphatic rings. The van der Waals surface area contributed by atoms with E-state index in [0.29, 0.717) is 19.6 Å². The lowest BCUT2D eigenvalue weighted by Gasteiger charge is -2.46. The summed E-state index contributed by atoms with van der Waals surface area (Å²) in [6, 6.07) is -0.689. The Morgan fingerprint density at radius 3 is 1.51 bits per heavy atom. The highest BCUT2D eigenvalue weighted by Crippen LogP contribution is 2.28. The van der Waals surface area contributed by atoms with Gasteiger partial charge in [-0.2, -0.15) is 0 Å². The molecular weight excluding hydrogens is 650 g/mol. The SMILES string of the molecule is CCCCCCCCCCCCCC[C@@H](O)[C@@H](O)[C@H](COC1OC(CO)C(O)C(O)C1O)NC1(CCCCCCCCCCCCCC)COC1. The van der Waals surface area contributed by atoms with Crippen LogP contribution in [0.2, 0.25) is 0 Å². The Hall–Kier alpha value is -0.400. The van der Waals surface area contributed by atoms with Gasteiger partial charge >= 0.3 is 0 Å². The number of unbranched alkanes of at least 4 members (excludes halogenated alkanes) is 22. The molecule has 2 heterocycles. The Labute approximate surface area is 311 Å². The first-order chi connectivity index (χ1) is 24.8. The molecule has 0 bridgehead atoms. The molecule has 0 spiro atoms. The van der Waals surface area contributed by atoms with Gasteiger partial charge in [0.1, 0.15) is 24.4 Å². The van der Waals surface area contributed by atoms with Crippen LogP contribution in [0.4, 0.5) is 0 Å². The van der Waals surface area contributed by atoms with Crippen LogP contribution in [0.5, 0.6) is 0 Å². The minimum absolute atomic E-state index is 0.112. The number of ether oxygens (including phenoxy) is 3. The van der Waals surface area contributed by atoms with E-state index in [4.69, 9.17) is 14.2 Å². The van der Waals surface area contributed by atoms with Crippen molar-refractivity contribution in [3.05, 3.63) is 0 Å². The Bertz CT molecular complexity index is 801. The maximum absolute atomic E-state index is 11.4. The lowest BCUT2D eigenvalue weighted by molar-refractivity contribution is -0.303. The summed E-state index contributed by atoms with van der Waals surface area (Å²) in [6.45, 7) is 4.85. The molecule has 0 aromatic carbocycles. The normalized spacial score (nSPS) is 25.1. The van der Waals surface area contributed by atoms with Crippen LogP contribution in [0.25, 0.3) is 0 Å². The molecule has 51 heavy (non-hydrogen) atoms. The molecular formula is C41H81NO9. The van der Waals surface area contributed by atoms with E-state index in [1.807, 2.05) is 0 Å². The van der Waals surface area contributed by atoms with Crippen LogP contribution < -0.4 is 5.32 Å². The van der Waals surface area contributed by atoms with Gasteiger partial charge in [0.2, 0.25) is 0 Å². The van der Waals surface area contributed by atoms with Crippen LogP contribution in [0.1, 0.15) is 181 Å². The van der Waals surface area contributed by atoms with Gasteiger partial charge in [0, 0.05) is 0 Å². The van der Waals surface area contributed by atoms with Crippen molar-refractivity contribution in [3.63, 3.8) is 0 Å². The molecule has 2 rings (SSSR count). The molecule has 2 aliphatic heterocycles. The van der Waals surface area contributed by atoms with Gasteiger partial charge in [-0.25, -0.2) is 0 Å². The Morgan fingerprint density at radius 2 is 1.08 bits per heavy atom. The van der Waals surface area contributed by atoms with E-state index in [1.165, 1.54) is 122 Å². The molecule has 0 aromatic rings. The third-order valence-electron chi connectivity index (χ3n) is 11.2. The van der Waals surface area contributed by atoms with Crippen molar-refractivity contribution in [3.8, 4) is 0 Å². The predicted molar refractivity (Wildman–Crippen MR) is 204 cm³/mol. The van der Waals surface area contributed by atoms with Crippen molar-refractivity contribution in [2.75, 3.05) is 26.4 Å². The average molecular weight is 732 g/mol. The molecule has 8 atom stereocenters. The monoisotopic (exact) mass is 732 g/mol. The van der Waals surface area contributed by atoms with Crippen molar-refractivity contribution in [1.82, 2.24) is 5.32 Å². The van der Waals surface area contributed by atoms with Crippen molar-refractivity contribution in [2.24, 2.45) is 0 Å². The number of hydrogen-bond acceptors (Lipinski definition) is 10. The topological polar surface area (TPSA) is 161 Å². The molecule has 0 amide bonds. The average Bonchev–Trinajstić information content (AvgIpc) is 3.12. The van der Waals surface area contributed by atoms with E-state index in [0.717, 1.165) is 38.5 Å². The number of nitrogens with one attached hydrogen (secondary N) is 1. The van der Waals surface area contributed by atoms with Gasteiger partial charge in [-0.05, 0) is 12.8 Å². The fourth-order valence-electron chi connectivity index (χ4n) is 7.61. The van der Waals surface area contributed by atoms with E-state index in [2.05, 4.69) is 19.2 Å². The summed E-state index contributed by atoms with van der Waals surface area (Å²) in [6.07, 6.45) is 22.3. The molecule has 0 radical (unpaired) electrons. The molecule has 5 unspecified atom stereocenters. The summed E-state index contributed by atoms with van der Waals surface area (Å²) in [5.74, 6) is 0. The van der Waals surface area contributed by atoms with Crippen molar-refractivity contribution < 1.29 is 44.8 Å². The maximum Gasteiger partial charge on any atom is 0.186 e. The fourth-order valence-corrected chi connectivity index (χ4v) is 7.61. The van der Waals surface area contributed by atoms with Crippen LogP contribution in [-0.4, -0.2) is 112 Å². The maximum atomic E-state index is 11.4. The van der Waals surface area contributed by atoms with E-state index < -0.39 is 55.6 Å². The van der Waals surface area contributed by atoms with Crippen molar-refractivity contribution in [1.29, 1.82) is 0 Å². The summed E-state index contributed by atoms with van der Waals surface area (Å²) in [5, 5.41) is 66.7. The third-order valence-corrected chi connectivity index (χ3v) is 11.2. The summed E-state index contributed by atoms with van der Waals surface area (Å²) in [5.41, 5.74) is -0.349. The molecule has 7 N–H and O–H groups in total. The van der Waals surface area contributed by atoms with Crippen LogP contribution in [0, 0.1) is 0 Å². The number of hydrogen-bond donors (Lipinski definition) is 7. The lowest BCUT2D eigenvalue weighted by atomic mass is 9.87. The Morgan fingerprint density at radius 1 is 0.627 bits per heavy atom. The summed E-state index contributed by atoms with van der Waals surface area (Å²) < 4.78 is 17.1. The number of aliphatic hydroxyl groups excluding tert-OH is 6. The second kappa shape index (κ2) is 29.0. The van der Waals surface area contributed by atoms with E-state index in [-0.39, 0.29) is 12.1 Å². The highest BCUT2D eigenvalue weighted by molar-refractivity contribution is 4.99. The van der Waals surface area contributed by atoms with Gasteiger partial charge in [0.25, 0.3) is 0 Å². The first-order valence-corrected chi connectivity index (χ1v) is 21.4. The minimum Gasteiger partial charge on any atom is -0.394 e. The largest absolute Gasteiger partial charge is 0.394 e. The predicted octanol–water partition coefficient (Wildman–Crippen LogP) is 6.43. The second-order valence-electron chi connectivity index (χ2n) is 15.9. The van der Waals surface area contributed by atoms with Crippen LogP contribution in [0.15, 0.2) is 0 Å². The first-order valence-electron chi connectivity index (χ1n) is 21.4. The third kappa shape index (κ3) is 19.2. The van der Waals surface area contributed by atoms with Gasteiger partial charge in [-0.3, -0.25) is 5.32 Å². The smallest absolute Gasteiger partial charge is 0.186 e. The van der Waals surface area contributed by atoms with Crippen molar-refractivity contribution in [2.45, 2.75) is 235 Å². The van der Waals surface area contributed by atoms with E-state index in [1.54, 1.807) is 0 Å². The van der Waals surface area contributed by atoms with Gasteiger partial charge in [0.05, 0.1) is 50.2 Å².